The molecule has 0 unspecified atom stereocenters. The number of rotatable bonds is 4. The number of carbonyl (C=O) groups is 1. The van der Waals surface area contributed by atoms with E-state index in [4.69, 9.17) is 5.26 Å². The van der Waals surface area contributed by atoms with Gasteiger partial charge < -0.3 is 15.1 Å². The van der Waals surface area contributed by atoms with Gasteiger partial charge in [0.15, 0.2) is 0 Å². The minimum atomic E-state index is -0.500. The van der Waals surface area contributed by atoms with E-state index in [9.17, 15) is 9.18 Å². The molecule has 1 aromatic carbocycles. The Morgan fingerprint density at radius 1 is 1.36 bits per heavy atom. The Hall–Kier alpha value is -2.29. The van der Waals surface area contributed by atoms with Gasteiger partial charge in [0.2, 0.25) is 0 Å². The highest BCUT2D eigenvalue weighted by molar-refractivity contribution is 5.74. The third-order valence-electron chi connectivity index (χ3n) is 3.82. The minimum absolute atomic E-state index is 0.0483. The third-order valence-corrected chi connectivity index (χ3v) is 3.82. The first-order chi connectivity index (χ1) is 10.7. The summed E-state index contributed by atoms with van der Waals surface area (Å²) in [7, 11) is 0. The Morgan fingerprint density at radius 3 is 2.73 bits per heavy atom. The maximum Gasteiger partial charge on any atom is 0.317 e. The van der Waals surface area contributed by atoms with Crippen molar-refractivity contribution < 1.29 is 9.18 Å². The molecule has 0 bridgehead atoms. The molecule has 6 heteroatoms. The van der Waals surface area contributed by atoms with Crippen molar-refractivity contribution in [2.24, 2.45) is 0 Å². The summed E-state index contributed by atoms with van der Waals surface area (Å²) in [5.41, 5.74) is 0.678. The summed E-state index contributed by atoms with van der Waals surface area (Å²) in [6, 6.07) is 6.52. The number of nitriles is 1. The Kier molecular flexibility index (Phi) is 5.59. The van der Waals surface area contributed by atoms with Crippen LogP contribution in [0.5, 0.6) is 0 Å². The molecule has 118 valence electrons. The average Bonchev–Trinajstić information content (AvgIpc) is 2.55. The van der Waals surface area contributed by atoms with E-state index in [0.29, 0.717) is 38.4 Å². The molecule has 1 heterocycles. The number of piperazine rings is 1. The number of hydrogen-bond acceptors (Lipinski definition) is 3. The molecular weight excluding hydrogens is 283 g/mol. The molecule has 2 amide bonds. The molecule has 1 saturated heterocycles. The van der Waals surface area contributed by atoms with Crippen LogP contribution in [-0.4, -0.2) is 43.7 Å². The standard InChI is InChI=1S/C16H21FN4O/c1-2-3-7-19-16(22)21-10-8-20(9-11-21)15-6-4-5-14(17)13(15)12-18/h4-6H,2-3,7-11H2,1H3,(H,19,22). The summed E-state index contributed by atoms with van der Waals surface area (Å²) in [5.74, 6) is -0.500. The Morgan fingerprint density at radius 2 is 2.09 bits per heavy atom. The number of hydrogen-bond donors (Lipinski definition) is 1. The molecule has 0 atom stereocenters. The lowest BCUT2D eigenvalue weighted by molar-refractivity contribution is 0.194. The summed E-state index contributed by atoms with van der Waals surface area (Å²) in [6.45, 7) is 5.10. The van der Waals surface area contributed by atoms with Crippen molar-refractivity contribution in [3.63, 3.8) is 0 Å². The number of benzene rings is 1. The van der Waals surface area contributed by atoms with Crippen molar-refractivity contribution in [3.8, 4) is 6.07 Å². The zero-order valence-electron chi connectivity index (χ0n) is 12.8. The molecular formula is C16H21FN4O. The van der Waals surface area contributed by atoms with Crippen molar-refractivity contribution in [1.29, 1.82) is 5.26 Å². The van der Waals surface area contributed by atoms with E-state index in [-0.39, 0.29) is 11.6 Å². The summed E-state index contributed by atoms with van der Waals surface area (Å²) < 4.78 is 13.7. The highest BCUT2D eigenvalue weighted by atomic mass is 19.1. The van der Waals surface area contributed by atoms with Crippen molar-refractivity contribution in [3.05, 3.63) is 29.6 Å². The first kappa shape index (κ1) is 16.1. The molecule has 0 aromatic heterocycles. The van der Waals surface area contributed by atoms with Crippen molar-refractivity contribution in [2.45, 2.75) is 19.8 Å². The number of urea groups is 1. The number of halogens is 1. The molecule has 0 saturated carbocycles. The molecule has 0 aliphatic carbocycles. The number of amides is 2. The van der Waals surface area contributed by atoms with Crippen LogP contribution in [0.15, 0.2) is 18.2 Å². The number of unbranched alkanes of at least 4 members (excludes halogenated alkanes) is 1. The van der Waals surface area contributed by atoms with Gasteiger partial charge >= 0.3 is 6.03 Å². The smallest absolute Gasteiger partial charge is 0.317 e. The normalized spacial score (nSPS) is 14.6. The fraction of sp³-hybridized carbons (Fsp3) is 0.500. The lowest BCUT2D eigenvalue weighted by atomic mass is 10.1. The average molecular weight is 304 g/mol. The van der Waals surface area contributed by atoms with Crippen LogP contribution in [0.3, 0.4) is 0 Å². The molecule has 5 nitrogen and oxygen atoms in total. The topological polar surface area (TPSA) is 59.4 Å². The maximum atomic E-state index is 13.7. The van der Waals surface area contributed by atoms with Gasteiger partial charge in [-0.1, -0.05) is 19.4 Å². The third kappa shape index (κ3) is 3.67. The van der Waals surface area contributed by atoms with E-state index >= 15 is 0 Å². The van der Waals surface area contributed by atoms with Gasteiger partial charge in [-0.15, -0.1) is 0 Å². The fourth-order valence-corrected chi connectivity index (χ4v) is 2.52. The van der Waals surface area contributed by atoms with Gasteiger partial charge in [0.25, 0.3) is 0 Å². The van der Waals surface area contributed by atoms with E-state index in [1.807, 2.05) is 11.0 Å². The minimum Gasteiger partial charge on any atom is -0.367 e. The second-order valence-electron chi connectivity index (χ2n) is 5.31. The van der Waals surface area contributed by atoms with E-state index in [2.05, 4.69) is 12.2 Å². The highest BCUT2D eigenvalue weighted by Crippen LogP contribution is 2.23. The Labute approximate surface area is 130 Å². The van der Waals surface area contributed by atoms with Gasteiger partial charge in [0, 0.05) is 32.7 Å². The molecule has 1 fully saturated rings. The van der Waals surface area contributed by atoms with Gasteiger partial charge in [0.05, 0.1) is 5.69 Å². The lowest BCUT2D eigenvalue weighted by Crippen LogP contribution is -2.52. The number of anilines is 1. The summed E-state index contributed by atoms with van der Waals surface area (Å²) in [6.07, 6.45) is 2.02. The Balaban J connectivity index is 1.94. The van der Waals surface area contributed by atoms with E-state index < -0.39 is 5.82 Å². The first-order valence-electron chi connectivity index (χ1n) is 7.63. The van der Waals surface area contributed by atoms with Crippen molar-refractivity contribution in [1.82, 2.24) is 10.2 Å². The highest BCUT2D eigenvalue weighted by Gasteiger charge is 2.23. The monoisotopic (exact) mass is 304 g/mol. The lowest BCUT2D eigenvalue weighted by Gasteiger charge is -2.36. The van der Waals surface area contributed by atoms with Crippen LogP contribution < -0.4 is 10.2 Å². The van der Waals surface area contributed by atoms with Gasteiger partial charge in [-0.05, 0) is 18.6 Å². The second-order valence-corrected chi connectivity index (χ2v) is 5.31. The Bertz CT molecular complexity index is 562. The van der Waals surface area contributed by atoms with E-state index in [1.54, 1.807) is 17.0 Å². The van der Waals surface area contributed by atoms with Crippen LogP contribution in [0.2, 0.25) is 0 Å². The molecule has 1 N–H and O–H groups in total. The van der Waals surface area contributed by atoms with Crippen molar-refractivity contribution in [2.75, 3.05) is 37.6 Å². The fourth-order valence-electron chi connectivity index (χ4n) is 2.52. The van der Waals surface area contributed by atoms with Crippen LogP contribution in [0.25, 0.3) is 0 Å². The van der Waals surface area contributed by atoms with Crippen LogP contribution in [0.1, 0.15) is 25.3 Å². The molecule has 1 aromatic rings. The zero-order valence-corrected chi connectivity index (χ0v) is 12.8. The van der Waals surface area contributed by atoms with Gasteiger partial charge in [-0.2, -0.15) is 5.26 Å². The quantitative estimate of drug-likeness (QED) is 0.869. The first-order valence-corrected chi connectivity index (χ1v) is 7.63. The van der Waals surface area contributed by atoms with Crippen LogP contribution in [0.4, 0.5) is 14.9 Å². The molecule has 0 spiro atoms. The number of nitrogens with zero attached hydrogens (tertiary/aromatic N) is 3. The molecule has 1 aliphatic heterocycles. The van der Waals surface area contributed by atoms with Crippen LogP contribution in [0, 0.1) is 17.1 Å². The second kappa shape index (κ2) is 7.64. The van der Waals surface area contributed by atoms with Crippen LogP contribution in [-0.2, 0) is 0 Å². The zero-order chi connectivity index (χ0) is 15.9. The van der Waals surface area contributed by atoms with Gasteiger partial charge in [-0.3, -0.25) is 0 Å². The summed E-state index contributed by atoms with van der Waals surface area (Å²) in [4.78, 5) is 15.7. The summed E-state index contributed by atoms with van der Waals surface area (Å²) in [5, 5.41) is 12.0. The van der Waals surface area contributed by atoms with Crippen molar-refractivity contribution >= 4 is 11.7 Å². The molecule has 2 rings (SSSR count). The predicted octanol–water partition coefficient (Wildman–Crippen LogP) is 2.33. The van der Waals surface area contributed by atoms with Crippen LogP contribution >= 0.6 is 0 Å². The maximum absolute atomic E-state index is 13.7. The van der Waals surface area contributed by atoms with Gasteiger partial charge in [-0.25, -0.2) is 9.18 Å². The predicted molar refractivity (Wildman–Crippen MR) is 83.2 cm³/mol. The summed E-state index contributed by atoms with van der Waals surface area (Å²) >= 11 is 0. The van der Waals surface area contributed by atoms with E-state index in [1.165, 1.54) is 6.07 Å². The molecule has 22 heavy (non-hydrogen) atoms. The molecule has 0 radical (unpaired) electrons. The number of carbonyl (C=O) groups excluding carboxylic acids is 1. The van der Waals surface area contributed by atoms with E-state index in [0.717, 1.165) is 12.8 Å². The number of nitrogens with one attached hydrogen (secondary N) is 1. The van der Waals surface area contributed by atoms with Gasteiger partial charge in [0.1, 0.15) is 17.4 Å². The largest absolute Gasteiger partial charge is 0.367 e. The SMILES string of the molecule is CCCCNC(=O)N1CCN(c2cccc(F)c2C#N)CC1. The molecule has 1 aliphatic rings.